The highest BCUT2D eigenvalue weighted by Gasteiger charge is 2.10. The van der Waals surface area contributed by atoms with Crippen LogP contribution in [0.5, 0.6) is 5.75 Å². The molecule has 0 unspecified atom stereocenters. The minimum atomic E-state index is -0.290. The third kappa shape index (κ3) is 6.66. The number of aryl methyl sites for hydroxylation is 1. The van der Waals surface area contributed by atoms with Gasteiger partial charge in [-0.3, -0.25) is 10.1 Å². The zero-order valence-electron chi connectivity index (χ0n) is 20.7. The van der Waals surface area contributed by atoms with E-state index >= 15 is 0 Å². The summed E-state index contributed by atoms with van der Waals surface area (Å²) in [5.74, 6) is 0.455. The van der Waals surface area contributed by atoms with Crippen molar-refractivity contribution < 1.29 is 9.53 Å². The van der Waals surface area contributed by atoms with E-state index in [2.05, 4.69) is 46.8 Å². The van der Waals surface area contributed by atoms with Gasteiger partial charge < -0.3 is 10.1 Å². The minimum Gasteiger partial charge on any atom is -0.494 e. The molecule has 1 aromatic heterocycles. The molecule has 0 fully saturated rings. The number of nitrogens with one attached hydrogen (secondary N) is 2. The largest absolute Gasteiger partial charge is 0.494 e. The third-order valence-electron chi connectivity index (χ3n) is 5.73. The molecule has 2 N–H and O–H groups in total. The Bertz CT molecular complexity index is 1320. The predicted octanol–water partition coefficient (Wildman–Crippen LogP) is 6.07. The Morgan fingerprint density at radius 2 is 1.64 bits per heavy atom. The highest BCUT2D eigenvalue weighted by molar-refractivity contribution is 7.80. The van der Waals surface area contributed by atoms with Gasteiger partial charge in [-0.25, -0.2) is 0 Å². The van der Waals surface area contributed by atoms with Gasteiger partial charge >= 0.3 is 0 Å². The average molecular weight is 502 g/mol. The summed E-state index contributed by atoms with van der Waals surface area (Å²) in [6, 6.07) is 20.9. The van der Waals surface area contributed by atoms with Crippen molar-refractivity contribution in [3.05, 3.63) is 77.9 Å². The number of anilines is 1. The van der Waals surface area contributed by atoms with Crippen LogP contribution in [0.3, 0.4) is 0 Å². The van der Waals surface area contributed by atoms with Gasteiger partial charge in [0.05, 0.1) is 12.3 Å². The standard InChI is InChI=1S/C28H31N5O2S/c1-3-5-7-20-8-13-23(14-9-20)33-31-25-17-12-22(19-26(25)32-33)29-28(36)30-27(34)21-10-15-24(16-11-21)35-18-6-4-2/h8-17,19H,3-7,18H2,1-2H3,(H2,29,30,34,36). The first kappa shape index (κ1) is 25.3. The van der Waals surface area contributed by atoms with Crippen LogP contribution in [0, 0.1) is 0 Å². The molecule has 8 heteroatoms. The number of nitrogens with zero attached hydrogens (tertiary/aromatic N) is 3. The number of benzene rings is 3. The summed E-state index contributed by atoms with van der Waals surface area (Å²) < 4.78 is 5.64. The lowest BCUT2D eigenvalue weighted by Crippen LogP contribution is -2.34. The van der Waals surface area contributed by atoms with Crippen molar-refractivity contribution >= 4 is 40.0 Å². The van der Waals surface area contributed by atoms with Crippen molar-refractivity contribution in [1.29, 1.82) is 0 Å². The second-order valence-electron chi connectivity index (χ2n) is 8.60. The number of carbonyl (C=O) groups is 1. The van der Waals surface area contributed by atoms with E-state index in [4.69, 9.17) is 17.0 Å². The molecule has 0 aliphatic heterocycles. The van der Waals surface area contributed by atoms with Gasteiger partial charge in [0, 0.05) is 11.3 Å². The Labute approximate surface area is 216 Å². The normalized spacial score (nSPS) is 10.8. The fourth-order valence-corrected chi connectivity index (χ4v) is 3.87. The van der Waals surface area contributed by atoms with E-state index in [-0.39, 0.29) is 11.0 Å². The maximum atomic E-state index is 12.6. The molecule has 3 aromatic carbocycles. The average Bonchev–Trinajstić information content (AvgIpc) is 3.31. The van der Waals surface area contributed by atoms with Gasteiger partial charge in [0.15, 0.2) is 5.11 Å². The number of fused-ring (bicyclic) bond motifs is 1. The van der Waals surface area contributed by atoms with Crippen molar-refractivity contribution in [2.45, 2.75) is 46.0 Å². The van der Waals surface area contributed by atoms with Crippen LogP contribution >= 0.6 is 12.2 Å². The van der Waals surface area contributed by atoms with E-state index < -0.39 is 0 Å². The number of hydrogen-bond donors (Lipinski definition) is 2. The molecular formula is C28H31N5O2S. The van der Waals surface area contributed by atoms with Gasteiger partial charge in [-0.15, -0.1) is 10.2 Å². The fraction of sp³-hybridized carbons (Fsp3) is 0.286. The fourth-order valence-electron chi connectivity index (χ4n) is 3.66. The van der Waals surface area contributed by atoms with E-state index in [1.54, 1.807) is 29.1 Å². The molecule has 0 saturated heterocycles. The number of hydrogen-bond acceptors (Lipinski definition) is 5. The van der Waals surface area contributed by atoms with E-state index in [0.717, 1.165) is 47.4 Å². The summed E-state index contributed by atoms with van der Waals surface area (Å²) in [7, 11) is 0. The number of rotatable bonds is 10. The molecule has 0 radical (unpaired) electrons. The second-order valence-corrected chi connectivity index (χ2v) is 9.01. The quantitative estimate of drug-likeness (QED) is 0.203. The van der Waals surface area contributed by atoms with Crippen molar-refractivity contribution in [3.63, 3.8) is 0 Å². The summed E-state index contributed by atoms with van der Waals surface area (Å²) >= 11 is 5.35. The molecule has 0 aliphatic carbocycles. The van der Waals surface area contributed by atoms with Gasteiger partial charge in [-0.2, -0.15) is 4.80 Å². The van der Waals surface area contributed by atoms with Gasteiger partial charge in [0.25, 0.3) is 5.91 Å². The summed E-state index contributed by atoms with van der Waals surface area (Å²) in [4.78, 5) is 14.2. The Hall–Kier alpha value is -3.78. The van der Waals surface area contributed by atoms with E-state index in [1.807, 2.05) is 30.3 Å². The molecule has 186 valence electrons. The Morgan fingerprint density at radius 1 is 0.917 bits per heavy atom. The number of thiocarbonyl (C=S) groups is 1. The first-order valence-electron chi connectivity index (χ1n) is 12.4. The van der Waals surface area contributed by atoms with Crippen LogP contribution in [0.25, 0.3) is 16.7 Å². The van der Waals surface area contributed by atoms with Crippen molar-refractivity contribution in [1.82, 2.24) is 20.3 Å². The van der Waals surface area contributed by atoms with Crippen LogP contribution in [0.1, 0.15) is 55.5 Å². The highest BCUT2D eigenvalue weighted by Crippen LogP contribution is 2.19. The van der Waals surface area contributed by atoms with E-state index in [1.165, 1.54) is 18.4 Å². The van der Waals surface area contributed by atoms with E-state index in [0.29, 0.717) is 12.2 Å². The molecule has 36 heavy (non-hydrogen) atoms. The third-order valence-corrected chi connectivity index (χ3v) is 5.94. The second kappa shape index (κ2) is 12.3. The molecule has 4 aromatic rings. The van der Waals surface area contributed by atoms with Crippen molar-refractivity contribution in [2.75, 3.05) is 11.9 Å². The maximum absolute atomic E-state index is 12.6. The first-order valence-corrected chi connectivity index (χ1v) is 12.8. The Morgan fingerprint density at radius 3 is 2.36 bits per heavy atom. The monoisotopic (exact) mass is 501 g/mol. The molecular weight excluding hydrogens is 470 g/mol. The minimum absolute atomic E-state index is 0.206. The molecule has 0 aliphatic rings. The zero-order chi connectivity index (χ0) is 25.3. The highest BCUT2D eigenvalue weighted by atomic mass is 32.1. The van der Waals surface area contributed by atoms with Gasteiger partial charge in [0.2, 0.25) is 0 Å². The Balaban J connectivity index is 1.36. The summed E-state index contributed by atoms with van der Waals surface area (Å²) in [5.41, 5.74) is 4.94. The van der Waals surface area contributed by atoms with Crippen LogP contribution < -0.4 is 15.4 Å². The first-order chi connectivity index (χ1) is 17.6. The lowest BCUT2D eigenvalue weighted by atomic mass is 10.1. The van der Waals surface area contributed by atoms with E-state index in [9.17, 15) is 4.79 Å². The number of aromatic nitrogens is 3. The van der Waals surface area contributed by atoms with Gasteiger partial charge in [-0.05, 0) is 91.6 Å². The van der Waals surface area contributed by atoms with Crippen LogP contribution in [0.4, 0.5) is 5.69 Å². The lowest BCUT2D eigenvalue weighted by molar-refractivity contribution is 0.0977. The SMILES string of the molecule is CCCCOc1ccc(C(=O)NC(=S)Nc2ccc3nn(-c4ccc(CCCC)cc4)nc3c2)cc1. The van der Waals surface area contributed by atoms with Crippen molar-refractivity contribution in [2.24, 2.45) is 0 Å². The number of amides is 1. The molecule has 4 rings (SSSR count). The summed E-state index contributed by atoms with van der Waals surface area (Å²) in [6.45, 7) is 4.98. The van der Waals surface area contributed by atoms with Crippen LogP contribution in [-0.2, 0) is 6.42 Å². The summed E-state index contributed by atoms with van der Waals surface area (Å²) in [6.07, 6.45) is 5.51. The lowest BCUT2D eigenvalue weighted by Gasteiger charge is -2.10. The molecule has 0 spiro atoms. The van der Waals surface area contributed by atoms with Crippen LogP contribution in [0.15, 0.2) is 66.7 Å². The number of ether oxygens (including phenoxy) is 1. The molecule has 0 saturated carbocycles. The van der Waals surface area contributed by atoms with Gasteiger partial charge in [0.1, 0.15) is 16.8 Å². The number of unbranched alkanes of at least 4 members (excludes halogenated alkanes) is 2. The number of carbonyl (C=O) groups excluding carboxylic acids is 1. The topological polar surface area (TPSA) is 81.1 Å². The smallest absolute Gasteiger partial charge is 0.257 e. The maximum Gasteiger partial charge on any atom is 0.257 e. The van der Waals surface area contributed by atoms with Crippen LogP contribution in [-0.4, -0.2) is 32.6 Å². The van der Waals surface area contributed by atoms with Crippen LogP contribution in [0.2, 0.25) is 0 Å². The molecule has 1 amide bonds. The molecule has 0 atom stereocenters. The van der Waals surface area contributed by atoms with Crippen molar-refractivity contribution in [3.8, 4) is 11.4 Å². The Kier molecular flexibility index (Phi) is 8.62. The summed E-state index contributed by atoms with van der Waals surface area (Å²) in [5, 5.41) is 15.2. The molecule has 7 nitrogen and oxygen atoms in total. The zero-order valence-corrected chi connectivity index (χ0v) is 21.5. The molecule has 1 heterocycles. The molecule has 0 bridgehead atoms. The van der Waals surface area contributed by atoms with Gasteiger partial charge in [-0.1, -0.05) is 38.8 Å². The predicted molar refractivity (Wildman–Crippen MR) is 148 cm³/mol.